The molecule has 0 bridgehead atoms. The molecule has 1 N–H and O–H groups in total. The molecule has 0 unspecified atom stereocenters. The number of benzene rings is 1. The van der Waals surface area contributed by atoms with Gasteiger partial charge in [-0.25, -0.2) is 13.1 Å². The van der Waals surface area contributed by atoms with Crippen molar-refractivity contribution in [3.63, 3.8) is 0 Å². The highest BCUT2D eigenvalue weighted by Crippen LogP contribution is 2.18. The molecular formula is C15H13BrN2O3S. The number of carbonyl (C=O) groups is 1. The number of aromatic nitrogens is 1. The number of halogens is 1. The van der Waals surface area contributed by atoms with Crippen molar-refractivity contribution in [2.75, 3.05) is 0 Å². The fourth-order valence-corrected chi connectivity index (χ4v) is 3.11. The van der Waals surface area contributed by atoms with E-state index in [-0.39, 0.29) is 5.56 Å². The van der Waals surface area contributed by atoms with Gasteiger partial charge in [0.1, 0.15) is 0 Å². The van der Waals surface area contributed by atoms with E-state index in [9.17, 15) is 13.2 Å². The van der Waals surface area contributed by atoms with Crippen LogP contribution in [-0.4, -0.2) is 19.3 Å². The Kier molecular flexibility index (Phi) is 5.10. The smallest absolute Gasteiger partial charge is 0.266 e. The van der Waals surface area contributed by atoms with Crippen LogP contribution in [0.2, 0.25) is 0 Å². The lowest BCUT2D eigenvalue weighted by molar-refractivity contribution is 0.0981. The Bertz CT molecular complexity index is 818. The Balaban J connectivity index is 2.14. The number of hydrogen-bond donors (Lipinski definition) is 1. The van der Waals surface area contributed by atoms with E-state index in [0.29, 0.717) is 10.0 Å². The Morgan fingerprint density at radius 2 is 2.09 bits per heavy atom. The van der Waals surface area contributed by atoms with Crippen molar-refractivity contribution in [2.45, 2.75) is 6.92 Å². The molecule has 0 saturated carbocycles. The van der Waals surface area contributed by atoms with Gasteiger partial charge in [0.2, 0.25) is 0 Å². The zero-order chi connectivity index (χ0) is 16.2. The van der Waals surface area contributed by atoms with Crippen LogP contribution in [0.1, 0.15) is 21.5 Å². The standard InChI is InChI=1S/C15H13BrN2O3S/c1-11-4-5-13(14(16)9-11)15(19)18-22(20,21)8-6-12-3-2-7-17-10-12/h2-10H,1H3,(H,18,19)/b8-6+. The van der Waals surface area contributed by atoms with E-state index >= 15 is 0 Å². The van der Waals surface area contributed by atoms with Crippen molar-refractivity contribution < 1.29 is 13.2 Å². The van der Waals surface area contributed by atoms with E-state index in [0.717, 1.165) is 11.0 Å². The van der Waals surface area contributed by atoms with Crippen molar-refractivity contribution in [2.24, 2.45) is 0 Å². The van der Waals surface area contributed by atoms with Crippen molar-refractivity contribution in [3.05, 3.63) is 69.3 Å². The number of hydrogen-bond acceptors (Lipinski definition) is 4. The summed E-state index contributed by atoms with van der Waals surface area (Å²) in [4.78, 5) is 15.9. The number of carbonyl (C=O) groups excluding carboxylic acids is 1. The number of aryl methyl sites for hydroxylation is 1. The lowest BCUT2D eigenvalue weighted by Gasteiger charge is -2.06. The Morgan fingerprint density at radius 3 is 2.73 bits per heavy atom. The molecule has 1 amide bonds. The molecule has 0 saturated heterocycles. The fraction of sp³-hybridized carbons (Fsp3) is 0.0667. The van der Waals surface area contributed by atoms with Gasteiger partial charge >= 0.3 is 0 Å². The summed E-state index contributed by atoms with van der Waals surface area (Å²) in [5.41, 5.74) is 1.84. The second-order valence-corrected chi connectivity index (χ2v) is 6.97. The third-order valence-corrected chi connectivity index (χ3v) is 4.35. The van der Waals surface area contributed by atoms with Gasteiger partial charge in [-0.2, -0.15) is 0 Å². The van der Waals surface area contributed by atoms with Crippen LogP contribution in [0.4, 0.5) is 0 Å². The number of sulfonamides is 1. The average molecular weight is 381 g/mol. The topological polar surface area (TPSA) is 76.1 Å². The zero-order valence-electron chi connectivity index (χ0n) is 11.7. The van der Waals surface area contributed by atoms with E-state index in [1.54, 1.807) is 36.5 Å². The summed E-state index contributed by atoms with van der Waals surface area (Å²) < 4.78 is 26.4. The molecule has 0 spiro atoms. The number of nitrogens with zero attached hydrogens (tertiary/aromatic N) is 1. The molecule has 7 heteroatoms. The van der Waals surface area contributed by atoms with Gasteiger partial charge in [-0.05, 0) is 58.3 Å². The summed E-state index contributed by atoms with van der Waals surface area (Å²) in [5.74, 6) is -0.692. The van der Waals surface area contributed by atoms with Crippen molar-refractivity contribution in [1.82, 2.24) is 9.71 Å². The van der Waals surface area contributed by atoms with Crippen LogP contribution in [-0.2, 0) is 10.0 Å². The third-order valence-electron chi connectivity index (χ3n) is 2.73. The SMILES string of the molecule is Cc1ccc(C(=O)NS(=O)(=O)/C=C/c2cccnc2)c(Br)c1. The molecule has 5 nitrogen and oxygen atoms in total. The van der Waals surface area contributed by atoms with Crippen molar-refractivity contribution in [3.8, 4) is 0 Å². The van der Waals surface area contributed by atoms with Gasteiger partial charge in [-0.3, -0.25) is 9.78 Å². The van der Waals surface area contributed by atoms with Gasteiger partial charge in [0.25, 0.3) is 15.9 Å². The minimum atomic E-state index is -3.88. The van der Waals surface area contributed by atoms with Crippen LogP contribution in [0.3, 0.4) is 0 Å². The predicted octanol–water partition coefficient (Wildman–Crippen LogP) is 2.88. The minimum Gasteiger partial charge on any atom is -0.268 e. The second kappa shape index (κ2) is 6.85. The highest BCUT2D eigenvalue weighted by Gasteiger charge is 2.15. The molecule has 1 aromatic carbocycles. The van der Waals surface area contributed by atoms with E-state index in [4.69, 9.17) is 0 Å². The van der Waals surface area contributed by atoms with Crippen LogP contribution < -0.4 is 4.72 Å². The van der Waals surface area contributed by atoms with Crippen molar-refractivity contribution >= 4 is 37.9 Å². The molecule has 2 aromatic rings. The molecule has 0 atom stereocenters. The highest BCUT2D eigenvalue weighted by atomic mass is 79.9. The van der Waals surface area contributed by atoms with Gasteiger partial charge in [0, 0.05) is 16.9 Å². The van der Waals surface area contributed by atoms with Crippen LogP contribution in [0.5, 0.6) is 0 Å². The number of nitrogens with one attached hydrogen (secondary N) is 1. The lowest BCUT2D eigenvalue weighted by atomic mass is 10.1. The summed E-state index contributed by atoms with van der Waals surface area (Å²) in [7, 11) is -3.88. The quantitative estimate of drug-likeness (QED) is 0.884. The maximum atomic E-state index is 12.0. The number of pyridine rings is 1. The van der Waals surface area contributed by atoms with E-state index in [1.165, 1.54) is 12.3 Å². The maximum absolute atomic E-state index is 12.0. The molecule has 2 rings (SSSR count). The third kappa shape index (κ3) is 4.51. The van der Waals surface area contributed by atoms with E-state index in [1.807, 2.05) is 11.6 Å². The molecule has 0 aliphatic heterocycles. The summed E-state index contributed by atoms with van der Waals surface area (Å²) >= 11 is 3.25. The van der Waals surface area contributed by atoms with Gasteiger partial charge < -0.3 is 0 Å². The summed E-state index contributed by atoms with van der Waals surface area (Å²) in [6.45, 7) is 1.87. The first-order valence-electron chi connectivity index (χ1n) is 6.29. The highest BCUT2D eigenvalue weighted by molar-refractivity contribution is 9.10. The average Bonchev–Trinajstić information content (AvgIpc) is 2.45. The zero-order valence-corrected chi connectivity index (χ0v) is 14.1. The second-order valence-electron chi connectivity index (χ2n) is 4.55. The van der Waals surface area contributed by atoms with E-state index < -0.39 is 15.9 Å². The Morgan fingerprint density at radius 1 is 1.32 bits per heavy atom. The van der Waals surface area contributed by atoms with Gasteiger partial charge in [-0.15, -0.1) is 0 Å². The van der Waals surface area contributed by atoms with E-state index in [2.05, 4.69) is 20.9 Å². The molecule has 22 heavy (non-hydrogen) atoms. The molecular weight excluding hydrogens is 368 g/mol. The molecule has 0 radical (unpaired) electrons. The van der Waals surface area contributed by atoms with Crippen LogP contribution in [0.25, 0.3) is 6.08 Å². The number of amides is 1. The first-order chi connectivity index (χ1) is 10.4. The van der Waals surface area contributed by atoms with Crippen LogP contribution >= 0.6 is 15.9 Å². The molecule has 0 aliphatic rings. The van der Waals surface area contributed by atoms with Gasteiger partial charge in [-0.1, -0.05) is 12.1 Å². The first-order valence-corrected chi connectivity index (χ1v) is 8.63. The number of rotatable bonds is 4. The van der Waals surface area contributed by atoms with Crippen LogP contribution in [0, 0.1) is 6.92 Å². The predicted molar refractivity (Wildman–Crippen MR) is 88.5 cm³/mol. The van der Waals surface area contributed by atoms with Gasteiger partial charge in [0.05, 0.1) is 11.0 Å². The summed E-state index contributed by atoms with van der Waals surface area (Å²) in [6, 6.07) is 8.44. The maximum Gasteiger partial charge on any atom is 0.266 e. The first kappa shape index (κ1) is 16.4. The Labute approximate surface area is 137 Å². The molecule has 1 heterocycles. The molecule has 114 valence electrons. The lowest BCUT2D eigenvalue weighted by Crippen LogP contribution is -2.29. The molecule has 0 aliphatic carbocycles. The molecule has 0 fully saturated rings. The molecule has 1 aromatic heterocycles. The normalized spacial score (nSPS) is 11.5. The monoisotopic (exact) mass is 380 g/mol. The van der Waals surface area contributed by atoms with Crippen LogP contribution in [0.15, 0.2) is 52.6 Å². The fourth-order valence-electron chi connectivity index (χ4n) is 1.67. The van der Waals surface area contributed by atoms with Crippen molar-refractivity contribution in [1.29, 1.82) is 0 Å². The summed E-state index contributed by atoms with van der Waals surface area (Å²) in [6.07, 6.45) is 4.47. The summed E-state index contributed by atoms with van der Waals surface area (Å²) in [5, 5.41) is 0.935. The van der Waals surface area contributed by atoms with Gasteiger partial charge in [0.15, 0.2) is 0 Å². The Hall–Kier alpha value is -1.99. The minimum absolute atomic E-state index is 0.254. The largest absolute Gasteiger partial charge is 0.268 e.